The minimum atomic E-state index is -4.12. The lowest BCUT2D eigenvalue weighted by molar-refractivity contribution is -0.120. The van der Waals surface area contributed by atoms with Gasteiger partial charge < -0.3 is 4.74 Å². The molecule has 3 rings (SSSR count). The maximum absolute atomic E-state index is 13.3. The molecule has 0 saturated carbocycles. The molecule has 1 aliphatic heterocycles. The maximum atomic E-state index is 13.3. The molecular weight excluding hydrogens is 446 g/mol. The molecule has 6 nitrogen and oxygen atoms in total. The standard InChI is InChI=1S/C21H20ClNO5S2/c1-28-17-10-12-18(13-11-17)30(26,27)21(19(24)23-20(25)29-21)14-4-2-3-5-15-6-8-16(22)9-7-15/h3,5-13H,2,4,14H2,1H3,(H,23,24,25)/b5-3+. The summed E-state index contributed by atoms with van der Waals surface area (Å²) in [4.78, 5) is 24.4. The van der Waals surface area contributed by atoms with Crippen molar-refractivity contribution in [3.05, 3.63) is 65.2 Å². The van der Waals surface area contributed by atoms with Crippen molar-refractivity contribution in [3.8, 4) is 5.75 Å². The molecule has 0 radical (unpaired) electrons. The Kier molecular flexibility index (Phi) is 6.90. The number of nitrogens with one attached hydrogen (secondary N) is 1. The predicted molar refractivity (Wildman–Crippen MR) is 118 cm³/mol. The summed E-state index contributed by atoms with van der Waals surface area (Å²) >= 11 is 6.39. The fourth-order valence-corrected chi connectivity index (χ4v) is 6.57. The van der Waals surface area contributed by atoms with Crippen LogP contribution in [0.1, 0.15) is 24.8 Å². The summed E-state index contributed by atoms with van der Waals surface area (Å²) in [5.74, 6) is -0.301. The van der Waals surface area contributed by atoms with Gasteiger partial charge in [-0.3, -0.25) is 14.9 Å². The van der Waals surface area contributed by atoms with Crippen LogP contribution in [0.25, 0.3) is 6.08 Å². The van der Waals surface area contributed by atoms with E-state index in [0.29, 0.717) is 35.4 Å². The molecule has 1 saturated heterocycles. The van der Waals surface area contributed by atoms with Crippen molar-refractivity contribution in [2.75, 3.05) is 7.11 Å². The van der Waals surface area contributed by atoms with E-state index in [-0.39, 0.29) is 11.3 Å². The van der Waals surface area contributed by atoms with Gasteiger partial charge in [0.2, 0.25) is 13.9 Å². The second-order valence-corrected chi connectivity index (χ2v) is 10.8. The predicted octanol–water partition coefficient (Wildman–Crippen LogP) is 4.69. The topological polar surface area (TPSA) is 89.5 Å². The maximum Gasteiger partial charge on any atom is 0.287 e. The lowest BCUT2D eigenvalue weighted by atomic mass is 10.1. The average molecular weight is 466 g/mol. The van der Waals surface area contributed by atoms with Crippen molar-refractivity contribution in [2.24, 2.45) is 0 Å². The molecule has 1 N–H and O–H groups in total. The van der Waals surface area contributed by atoms with E-state index < -0.39 is 25.1 Å². The van der Waals surface area contributed by atoms with E-state index in [2.05, 4.69) is 5.32 Å². The molecule has 1 aliphatic rings. The van der Waals surface area contributed by atoms with Crippen LogP contribution in [0, 0.1) is 0 Å². The van der Waals surface area contributed by atoms with E-state index >= 15 is 0 Å². The molecule has 30 heavy (non-hydrogen) atoms. The molecule has 0 aromatic heterocycles. The highest BCUT2D eigenvalue weighted by molar-refractivity contribution is 8.25. The number of imide groups is 1. The Morgan fingerprint density at radius 2 is 1.77 bits per heavy atom. The first-order valence-electron chi connectivity index (χ1n) is 9.14. The van der Waals surface area contributed by atoms with E-state index in [1.165, 1.54) is 31.4 Å². The van der Waals surface area contributed by atoms with Crippen LogP contribution < -0.4 is 10.1 Å². The number of amides is 2. The zero-order chi connectivity index (χ0) is 21.8. The van der Waals surface area contributed by atoms with Crippen molar-refractivity contribution in [3.63, 3.8) is 0 Å². The zero-order valence-corrected chi connectivity index (χ0v) is 18.5. The van der Waals surface area contributed by atoms with Gasteiger partial charge in [-0.1, -0.05) is 35.9 Å². The summed E-state index contributed by atoms with van der Waals surface area (Å²) < 4.78 is 29.8. The van der Waals surface area contributed by atoms with Gasteiger partial charge in [0.15, 0.2) is 0 Å². The smallest absolute Gasteiger partial charge is 0.287 e. The van der Waals surface area contributed by atoms with Crippen molar-refractivity contribution in [1.82, 2.24) is 5.32 Å². The Hall–Kier alpha value is -2.29. The number of methoxy groups -OCH3 is 1. The Bertz CT molecular complexity index is 1070. The molecule has 0 spiro atoms. The lowest BCUT2D eigenvalue weighted by Gasteiger charge is -2.24. The van der Waals surface area contributed by atoms with Gasteiger partial charge in [-0.25, -0.2) is 8.42 Å². The van der Waals surface area contributed by atoms with Crippen molar-refractivity contribution in [2.45, 2.75) is 28.2 Å². The monoisotopic (exact) mass is 465 g/mol. The van der Waals surface area contributed by atoms with Crippen LogP contribution in [0.5, 0.6) is 5.75 Å². The SMILES string of the molecule is COc1ccc(S(=O)(=O)C2(CCC/C=C/c3ccc(Cl)cc3)SC(=O)NC2=O)cc1. The number of carbonyl (C=O) groups is 2. The third kappa shape index (κ3) is 4.55. The fourth-order valence-electron chi connectivity index (χ4n) is 3.08. The number of unbranched alkanes of at least 4 members (excludes halogenated alkanes) is 1. The summed E-state index contributed by atoms with van der Waals surface area (Å²) in [7, 11) is -2.64. The molecular formula is C21H20ClNO5S2. The first-order chi connectivity index (χ1) is 14.3. The Labute approximate surface area is 184 Å². The van der Waals surface area contributed by atoms with Crippen LogP contribution in [0.2, 0.25) is 5.02 Å². The van der Waals surface area contributed by atoms with E-state index in [4.69, 9.17) is 16.3 Å². The summed E-state index contributed by atoms with van der Waals surface area (Å²) in [6.45, 7) is 0. The molecule has 1 fully saturated rings. The van der Waals surface area contributed by atoms with Crippen LogP contribution in [0.4, 0.5) is 4.79 Å². The number of allylic oxidation sites excluding steroid dienone is 1. The molecule has 9 heteroatoms. The fraction of sp³-hybridized carbons (Fsp3) is 0.238. The van der Waals surface area contributed by atoms with E-state index in [1.54, 1.807) is 12.1 Å². The van der Waals surface area contributed by atoms with Crippen LogP contribution in [0.3, 0.4) is 0 Å². The minimum absolute atomic E-state index is 0.00849. The van der Waals surface area contributed by atoms with Gasteiger partial charge in [-0.2, -0.15) is 0 Å². The highest BCUT2D eigenvalue weighted by Gasteiger charge is 2.57. The second kappa shape index (κ2) is 9.24. The van der Waals surface area contributed by atoms with Crippen LogP contribution in [-0.4, -0.2) is 30.8 Å². The Balaban J connectivity index is 1.77. The van der Waals surface area contributed by atoms with Gasteiger partial charge in [0.1, 0.15) is 5.75 Å². The molecule has 1 unspecified atom stereocenters. The number of thioether (sulfide) groups is 1. The summed E-state index contributed by atoms with van der Waals surface area (Å²) in [5, 5.41) is 2.12. The average Bonchev–Trinajstić information content (AvgIpc) is 3.03. The van der Waals surface area contributed by atoms with Gasteiger partial charge in [0, 0.05) is 5.02 Å². The number of carbonyl (C=O) groups excluding carboxylic acids is 2. The largest absolute Gasteiger partial charge is 0.497 e. The summed E-state index contributed by atoms with van der Waals surface area (Å²) in [6.07, 6.45) is 4.76. The minimum Gasteiger partial charge on any atom is -0.497 e. The number of rotatable bonds is 8. The Morgan fingerprint density at radius 1 is 1.10 bits per heavy atom. The van der Waals surface area contributed by atoms with Crippen molar-refractivity contribution in [1.29, 1.82) is 0 Å². The van der Waals surface area contributed by atoms with Gasteiger partial charge in [-0.15, -0.1) is 0 Å². The third-order valence-electron chi connectivity index (χ3n) is 4.68. The van der Waals surface area contributed by atoms with Crippen molar-refractivity contribution < 1.29 is 22.7 Å². The number of sulfone groups is 1. The van der Waals surface area contributed by atoms with E-state index in [1.807, 2.05) is 24.3 Å². The first kappa shape index (κ1) is 22.4. The zero-order valence-electron chi connectivity index (χ0n) is 16.1. The number of ether oxygens (including phenoxy) is 1. The molecule has 2 aromatic carbocycles. The van der Waals surface area contributed by atoms with Crippen LogP contribution >= 0.6 is 23.4 Å². The molecule has 2 amide bonds. The van der Waals surface area contributed by atoms with Gasteiger partial charge in [0.25, 0.3) is 11.1 Å². The molecule has 1 heterocycles. The molecule has 1 atom stereocenters. The molecule has 158 valence electrons. The number of hydrogen-bond acceptors (Lipinski definition) is 6. The number of halogens is 1. The second-order valence-electron chi connectivity index (χ2n) is 6.62. The Morgan fingerprint density at radius 3 is 2.33 bits per heavy atom. The highest BCUT2D eigenvalue weighted by Crippen LogP contribution is 2.44. The number of hydrogen-bond donors (Lipinski definition) is 1. The quantitative estimate of drug-likeness (QED) is 0.569. The molecule has 0 aliphatic carbocycles. The highest BCUT2D eigenvalue weighted by atomic mass is 35.5. The van der Waals surface area contributed by atoms with Crippen LogP contribution in [-0.2, 0) is 14.6 Å². The van der Waals surface area contributed by atoms with E-state index in [9.17, 15) is 18.0 Å². The molecule has 0 bridgehead atoms. The van der Waals surface area contributed by atoms with Crippen LogP contribution in [0.15, 0.2) is 59.5 Å². The summed E-state index contributed by atoms with van der Waals surface area (Å²) in [5.41, 5.74) is 0.961. The third-order valence-corrected chi connectivity index (χ3v) is 9.00. The lowest BCUT2D eigenvalue weighted by Crippen LogP contribution is -2.43. The number of benzene rings is 2. The van der Waals surface area contributed by atoms with E-state index in [0.717, 1.165) is 5.56 Å². The van der Waals surface area contributed by atoms with Gasteiger partial charge in [-0.05, 0) is 73.0 Å². The van der Waals surface area contributed by atoms with Gasteiger partial charge in [0.05, 0.1) is 12.0 Å². The molecule has 2 aromatic rings. The van der Waals surface area contributed by atoms with Gasteiger partial charge >= 0.3 is 0 Å². The van der Waals surface area contributed by atoms with Crippen molar-refractivity contribution >= 4 is 50.4 Å². The first-order valence-corrected chi connectivity index (χ1v) is 11.8. The normalized spacial score (nSPS) is 19.3. The summed E-state index contributed by atoms with van der Waals surface area (Å²) in [6, 6.07) is 13.1.